The molecule has 1 saturated heterocycles. The van der Waals surface area contributed by atoms with Gasteiger partial charge in [0.1, 0.15) is 0 Å². The quantitative estimate of drug-likeness (QED) is 0.864. The van der Waals surface area contributed by atoms with E-state index in [-0.39, 0.29) is 17.5 Å². The first-order valence-corrected chi connectivity index (χ1v) is 7.38. The fourth-order valence-electron chi connectivity index (χ4n) is 2.92. The first-order chi connectivity index (χ1) is 10.4. The zero-order valence-electron chi connectivity index (χ0n) is 13.2. The van der Waals surface area contributed by atoms with Crippen molar-refractivity contribution in [3.8, 4) is 0 Å². The molecule has 1 heterocycles. The molecule has 0 saturated carbocycles. The van der Waals surface area contributed by atoms with Gasteiger partial charge in [0.2, 0.25) is 5.91 Å². The summed E-state index contributed by atoms with van der Waals surface area (Å²) in [5.74, 6) is -0.952. The van der Waals surface area contributed by atoms with Gasteiger partial charge in [0.25, 0.3) is 0 Å². The highest BCUT2D eigenvalue weighted by atomic mass is 16.4. The standard InChI is InChI=1S/C17H22N2O3/c1-12-15(18(2)3)10-11-19(12)16(20)9-6-13-4-7-14(8-5-13)17(21)22/h4-9,12,15H,10-11H2,1-3H3,(H,21,22)/b9-6+. The van der Waals surface area contributed by atoms with E-state index in [0.29, 0.717) is 6.04 Å². The predicted molar refractivity (Wildman–Crippen MR) is 85.7 cm³/mol. The molecule has 1 aliphatic heterocycles. The first kappa shape index (κ1) is 16.2. The minimum Gasteiger partial charge on any atom is -0.478 e. The van der Waals surface area contributed by atoms with E-state index in [9.17, 15) is 9.59 Å². The molecule has 0 spiro atoms. The smallest absolute Gasteiger partial charge is 0.335 e. The van der Waals surface area contributed by atoms with Gasteiger partial charge in [-0.3, -0.25) is 4.79 Å². The van der Waals surface area contributed by atoms with Crippen LogP contribution in [0.15, 0.2) is 30.3 Å². The second-order valence-electron chi connectivity index (χ2n) is 5.85. The summed E-state index contributed by atoms with van der Waals surface area (Å²) in [6, 6.07) is 7.06. The molecule has 5 nitrogen and oxygen atoms in total. The van der Waals surface area contributed by atoms with E-state index in [2.05, 4.69) is 11.8 Å². The maximum Gasteiger partial charge on any atom is 0.335 e. The summed E-state index contributed by atoms with van der Waals surface area (Å²) >= 11 is 0. The lowest BCUT2D eigenvalue weighted by Gasteiger charge is -2.27. The third-order valence-corrected chi connectivity index (χ3v) is 4.24. The van der Waals surface area contributed by atoms with Gasteiger partial charge in [-0.1, -0.05) is 12.1 Å². The number of likely N-dealkylation sites (tertiary alicyclic amines) is 1. The van der Waals surface area contributed by atoms with Crippen LogP contribution in [0.25, 0.3) is 6.08 Å². The minimum absolute atomic E-state index is 0.000777. The number of likely N-dealkylation sites (N-methyl/N-ethyl adjacent to an activating group) is 1. The lowest BCUT2D eigenvalue weighted by atomic mass is 10.1. The van der Waals surface area contributed by atoms with E-state index in [1.165, 1.54) is 12.1 Å². The lowest BCUT2D eigenvalue weighted by molar-refractivity contribution is -0.126. The molecular weight excluding hydrogens is 280 g/mol. The van der Waals surface area contributed by atoms with Crippen LogP contribution in [-0.4, -0.2) is 59.5 Å². The van der Waals surface area contributed by atoms with Crippen molar-refractivity contribution in [2.24, 2.45) is 0 Å². The number of hydrogen-bond acceptors (Lipinski definition) is 3. The highest BCUT2D eigenvalue weighted by molar-refractivity contribution is 5.92. The average molecular weight is 302 g/mol. The second-order valence-corrected chi connectivity index (χ2v) is 5.85. The van der Waals surface area contributed by atoms with Crippen molar-refractivity contribution in [1.29, 1.82) is 0 Å². The van der Waals surface area contributed by atoms with Crippen LogP contribution in [-0.2, 0) is 4.79 Å². The second kappa shape index (κ2) is 6.75. The fourth-order valence-corrected chi connectivity index (χ4v) is 2.92. The topological polar surface area (TPSA) is 60.9 Å². The molecule has 1 N–H and O–H groups in total. The van der Waals surface area contributed by atoms with E-state index >= 15 is 0 Å². The Hall–Kier alpha value is -2.14. The van der Waals surface area contributed by atoms with Gasteiger partial charge in [-0.15, -0.1) is 0 Å². The van der Waals surface area contributed by atoms with E-state index in [0.717, 1.165) is 18.5 Å². The van der Waals surface area contributed by atoms with Crippen molar-refractivity contribution in [2.75, 3.05) is 20.6 Å². The van der Waals surface area contributed by atoms with E-state index < -0.39 is 5.97 Å². The predicted octanol–water partition coefficient (Wildman–Crippen LogP) is 1.95. The maximum absolute atomic E-state index is 12.3. The number of hydrogen-bond donors (Lipinski definition) is 1. The summed E-state index contributed by atoms with van der Waals surface area (Å²) in [6.07, 6.45) is 4.27. The number of benzene rings is 1. The van der Waals surface area contributed by atoms with Crippen LogP contribution in [0.1, 0.15) is 29.3 Å². The summed E-state index contributed by atoms with van der Waals surface area (Å²) in [6.45, 7) is 2.84. The Morgan fingerprint density at radius 1 is 1.27 bits per heavy atom. The van der Waals surface area contributed by atoms with Crippen molar-refractivity contribution < 1.29 is 14.7 Å². The van der Waals surface area contributed by atoms with Crippen molar-refractivity contribution in [2.45, 2.75) is 25.4 Å². The summed E-state index contributed by atoms with van der Waals surface area (Å²) < 4.78 is 0. The molecule has 1 aromatic rings. The highest BCUT2D eigenvalue weighted by Gasteiger charge is 2.33. The van der Waals surface area contributed by atoms with Crippen molar-refractivity contribution in [3.05, 3.63) is 41.5 Å². The molecule has 5 heteroatoms. The van der Waals surface area contributed by atoms with Crippen molar-refractivity contribution in [1.82, 2.24) is 9.80 Å². The maximum atomic E-state index is 12.3. The van der Waals surface area contributed by atoms with Crippen LogP contribution in [0.4, 0.5) is 0 Å². The third kappa shape index (κ3) is 3.54. The molecule has 2 unspecified atom stereocenters. The van der Waals surface area contributed by atoms with Crippen LogP contribution in [0, 0.1) is 0 Å². The number of carboxylic acid groups (broad SMARTS) is 1. The number of rotatable bonds is 4. The van der Waals surface area contributed by atoms with Gasteiger partial charge in [0, 0.05) is 24.7 Å². The first-order valence-electron chi connectivity index (χ1n) is 7.38. The van der Waals surface area contributed by atoms with E-state index in [1.54, 1.807) is 24.3 Å². The van der Waals surface area contributed by atoms with E-state index in [1.807, 2.05) is 19.0 Å². The fraction of sp³-hybridized carbons (Fsp3) is 0.412. The summed E-state index contributed by atoms with van der Waals surface area (Å²) in [7, 11) is 4.07. The molecule has 1 aliphatic rings. The molecule has 1 amide bonds. The molecule has 0 radical (unpaired) electrons. The summed E-state index contributed by atoms with van der Waals surface area (Å²) in [5, 5.41) is 8.85. The number of carbonyl (C=O) groups excluding carboxylic acids is 1. The number of carboxylic acids is 1. The SMILES string of the molecule is CC1C(N(C)C)CCN1C(=O)/C=C/c1ccc(C(=O)O)cc1. The molecule has 0 bridgehead atoms. The molecule has 1 aromatic carbocycles. The molecule has 0 aliphatic carbocycles. The number of aromatic carboxylic acids is 1. The van der Waals surface area contributed by atoms with Crippen molar-refractivity contribution >= 4 is 18.0 Å². The third-order valence-electron chi connectivity index (χ3n) is 4.24. The van der Waals surface area contributed by atoms with Crippen LogP contribution in [0.5, 0.6) is 0 Å². The normalized spacial score (nSPS) is 21.7. The number of amides is 1. The molecular formula is C17H22N2O3. The Morgan fingerprint density at radius 3 is 2.41 bits per heavy atom. The molecule has 22 heavy (non-hydrogen) atoms. The Bertz CT molecular complexity index is 578. The molecule has 0 aromatic heterocycles. The number of carbonyl (C=O) groups is 2. The average Bonchev–Trinajstić information content (AvgIpc) is 2.87. The zero-order chi connectivity index (χ0) is 16.3. The molecule has 2 atom stereocenters. The van der Waals surface area contributed by atoms with Gasteiger partial charge < -0.3 is 14.9 Å². The molecule has 1 fully saturated rings. The van der Waals surface area contributed by atoms with Crippen LogP contribution in [0.3, 0.4) is 0 Å². The Labute approximate surface area is 130 Å². The Morgan fingerprint density at radius 2 is 1.91 bits per heavy atom. The van der Waals surface area contributed by atoms with Gasteiger partial charge in [-0.05, 0) is 51.2 Å². The minimum atomic E-state index is -0.952. The Balaban J connectivity index is 2.01. The van der Waals surface area contributed by atoms with Crippen LogP contribution in [0.2, 0.25) is 0 Å². The largest absolute Gasteiger partial charge is 0.478 e. The van der Waals surface area contributed by atoms with Gasteiger partial charge in [-0.25, -0.2) is 4.79 Å². The summed E-state index contributed by atoms with van der Waals surface area (Å²) in [4.78, 5) is 27.1. The van der Waals surface area contributed by atoms with Crippen molar-refractivity contribution in [3.63, 3.8) is 0 Å². The summed E-state index contributed by atoms with van der Waals surface area (Å²) in [5.41, 5.74) is 1.06. The van der Waals surface area contributed by atoms with E-state index in [4.69, 9.17) is 5.11 Å². The van der Waals surface area contributed by atoms with Gasteiger partial charge in [-0.2, -0.15) is 0 Å². The van der Waals surface area contributed by atoms with Gasteiger partial charge >= 0.3 is 5.97 Å². The highest BCUT2D eigenvalue weighted by Crippen LogP contribution is 2.21. The van der Waals surface area contributed by atoms with Gasteiger partial charge in [0.15, 0.2) is 0 Å². The van der Waals surface area contributed by atoms with Gasteiger partial charge in [0.05, 0.1) is 5.56 Å². The monoisotopic (exact) mass is 302 g/mol. The number of nitrogens with zero attached hydrogens (tertiary/aromatic N) is 2. The zero-order valence-corrected chi connectivity index (χ0v) is 13.2. The molecule has 118 valence electrons. The lowest BCUT2D eigenvalue weighted by Crippen LogP contribution is -2.41. The van der Waals surface area contributed by atoms with Crippen LogP contribution < -0.4 is 0 Å². The Kier molecular flexibility index (Phi) is 4.98. The molecule has 2 rings (SSSR count). The van der Waals surface area contributed by atoms with Crippen LogP contribution >= 0.6 is 0 Å².